The Labute approximate surface area is 178 Å². The smallest absolute Gasteiger partial charge is 0.407 e. The fraction of sp³-hybridized carbons (Fsp3) is 0.619. The van der Waals surface area contributed by atoms with Gasteiger partial charge in [0.1, 0.15) is 11.0 Å². The number of alkyl carbamates (subject to hydrolysis) is 1. The van der Waals surface area contributed by atoms with Crippen LogP contribution in [-0.4, -0.2) is 71.8 Å². The quantitative estimate of drug-likeness (QED) is 0.487. The molecule has 8 heteroatoms. The summed E-state index contributed by atoms with van der Waals surface area (Å²) in [5.41, 5.74) is 2.56. The molecule has 2 aliphatic rings. The number of unbranched alkanes of at least 4 members (excludes halogenated alkanes) is 1. The number of carbonyl (C=O) groups is 1. The number of halogens is 1. The molecule has 0 unspecified atom stereocenters. The second-order valence-electron chi connectivity index (χ2n) is 7.74. The lowest BCUT2D eigenvalue weighted by atomic mass is 10.2. The molecule has 1 aromatic heterocycles. The summed E-state index contributed by atoms with van der Waals surface area (Å²) in [4.78, 5) is 23.1. The number of ether oxygens (including phenoxy) is 1. The van der Waals surface area contributed by atoms with Gasteiger partial charge >= 0.3 is 6.09 Å². The fourth-order valence-corrected chi connectivity index (χ4v) is 4.04. The summed E-state index contributed by atoms with van der Waals surface area (Å²) in [7, 11) is 0. The van der Waals surface area contributed by atoms with E-state index in [2.05, 4.69) is 38.8 Å². The molecule has 0 spiro atoms. The van der Waals surface area contributed by atoms with E-state index in [1.54, 1.807) is 0 Å². The summed E-state index contributed by atoms with van der Waals surface area (Å²) < 4.78 is 5.26. The monoisotopic (exact) mass is 421 g/mol. The van der Waals surface area contributed by atoms with Crippen LogP contribution in [0, 0.1) is 0 Å². The molecule has 0 aromatic carbocycles. The van der Waals surface area contributed by atoms with Gasteiger partial charge in [0.25, 0.3) is 0 Å². The third kappa shape index (κ3) is 6.24. The van der Waals surface area contributed by atoms with Crippen molar-refractivity contribution in [3.05, 3.63) is 40.4 Å². The van der Waals surface area contributed by atoms with E-state index >= 15 is 0 Å². The second kappa shape index (κ2) is 10.7. The van der Waals surface area contributed by atoms with Crippen molar-refractivity contribution in [3.63, 3.8) is 0 Å². The lowest BCUT2D eigenvalue weighted by Gasteiger charge is -2.37. The van der Waals surface area contributed by atoms with Gasteiger partial charge in [-0.3, -0.25) is 4.90 Å². The number of rotatable bonds is 9. The number of nitrogens with one attached hydrogen (secondary N) is 1. The number of amides is 1. The van der Waals surface area contributed by atoms with Crippen LogP contribution in [0.2, 0.25) is 5.15 Å². The molecule has 29 heavy (non-hydrogen) atoms. The largest absolute Gasteiger partial charge is 0.450 e. The fourth-order valence-electron chi connectivity index (χ4n) is 3.92. The SMILES string of the molecule is CCCCNC(=O)OCCCN1CC(C)=C2N(Cc3ccc(Cl)nc3)CCN2C1. The lowest BCUT2D eigenvalue weighted by molar-refractivity contribution is 0.121. The molecule has 160 valence electrons. The van der Waals surface area contributed by atoms with Crippen molar-refractivity contribution in [1.82, 2.24) is 25.0 Å². The highest BCUT2D eigenvalue weighted by Gasteiger charge is 2.31. The van der Waals surface area contributed by atoms with Crippen molar-refractivity contribution in [2.75, 3.05) is 46.0 Å². The summed E-state index contributed by atoms with van der Waals surface area (Å²) in [6.07, 6.45) is 4.45. The molecule has 1 aromatic rings. The van der Waals surface area contributed by atoms with Crippen molar-refractivity contribution in [3.8, 4) is 0 Å². The minimum atomic E-state index is -0.303. The summed E-state index contributed by atoms with van der Waals surface area (Å²) in [5.74, 6) is 1.35. The zero-order valence-corrected chi connectivity index (χ0v) is 18.2. The maximum absolute atomic E-state index is 11.6. The van der Waals surface area contributed by atoms with Gasteiger partial charge in [0.05, 0.1) is 13.3 Å². The topological polar surface area (TPSA) is 60.9 Å². The first-order valence-electron chi connectivity index (χ1n) is 10.5. The van der Waals surface area contributed by atoms with Gasteiger partial charge in [0, 0.05) is 45.5 Å². The van der Waals surface area contributed by atoms with Gasteiger partial charge in [0.15, 0.2) is 0 Å². The Hall–Kier alpha value is -1.99. The molecule has 1 saturated heterocycles. The van der Waals surface area contributed by atoms with Gasteiger partial charge in [-0.15, -0.1) is 0 Å². The first-order chi connectivity index (χ1) is 14.1. The zero-order valence-electron chi connectivity index (χ0n) is 17.5. The molecule has 0 radical (unpaired) electrons. The number of carbonyl (C=O) groups excluding carboxylic acids is 1. The Morgan fingerprint density at radius 1 is 1.31 bits per heavy atom. The van der Waals surface area contributed by atoms with E-state index in [0.717, 1.165) is 58.7 Å². The van der Waals surface area contributed by atoms with Crippen molar-refractivity contribution in [1.29, 1.82) is 0 Å². The van der Waals surface area contributed by atoms with Gasteiger partial charge in [-0.1, -0.05) is 31.0 Å². The van der Waals surface area contributed by atoms with Crippen LogP contribution in [0.3, 0.4) is 0 Å². The summed E-state index contributed by atoms with van der Waals surface area (Å²) in [6, 6.07) is 3.89. The van der Waals surface area contributed by atoms with E-state index in [4.69, 9.17) is 16.3 Å². The predicted molar refractivity (Wildman–Crippen MR) is 114 cm³/mol. The van der Waals surface area contributed by atoms with E-state index in [-0.39, 0.29) is 6.09 Å². The predicted octanol–water partition coefficient (Wildman–Crippen LogP) is 3.27. The van der Waals surface area contributed by atoms with Crippen LogP contribution in [0.25, 0.3) is 0 Å². The minimum absolute atomic E-state index is 0.303. The molecule has 0 saturated carbocycles. The number of hydrogen-bond acceptors (Lipinski definition) is 6. The minimum Gasteiger partial charge on any atom is -0.450 e. The maximum atomic E-state index is 11.6. The number of fused-ring (bicyclic) bond motifs is 1. The first-order valence-corrected chi connectivity index (χ1v) is 10.9. The van der Waals surface area contributed by atoms with Gasteiger partial charge in [-0.2, -0.15) is 0 Å². The second-order valence-corrected chi connectivity index (χ2v) is 8.13. The number of aromatic nitrogens is 1. The molecule has 2 aliphatic heterocycles. The van der Waals surface area contributed by atoms with Crippen molar-refractivity contribution >= 4 is 17.7 Å². The van der Waals surface area contributed by atoms with Crippen LogP contribution < -0.4 is 5.32 Å². The maximum Gasteiger partial charge on any atom is 0.407 e. The standard InChI is InChI=1S/C21H32ClN5O2/c1-3-4-8-23-21(28)29-12-5-9-25-14-17(2)20-26(10-11-27(20)16-25)15-18-6-7-19(22)24-13-18/h6-7,13H,3-5,8-12,14-16H2,1-2H3,(H,23,28). The lowest BCUT2D eigenvalue weighted by Crippen LogP contribution is -2.43. The number of nitrogens with zero attached hydrogens (tertiary/aromatic N) is 4. The Morgan fingerprint density at radius 3 is 2.93 bits per heavy atom. The summed E-state index contributed by atoms with van der Waals surface area (Å²) in [5, 5.41) is 3.31. The molecule has 1 N–H and O–H groups in total. The van der Waals surface area contributed by atoms with E-state index in [0.29, 0.717) is 18.3 Å². The average molecular weight is 422 g/mol. The summed E-state index contributed by atoms with van der Waals surface area (Å²) in [6.45, 7) is 11.1. The normalized spacial score (nSPS) is 16.9. The third-order valence-corrected chi connectivity index (χ3v) is 5.49. The highest BCUT2D eigenvalue weighted by Crippen LogP contribution is 2.28. The first kappa shape index (κ1) is 21.7. The van der Waals surface area contributed by atoms with Crippen LogP contribution in [0.15, 0.2) is 29.7 Å². The van der Waals surface area contributed by atoms with Crippen molar-refractivity contribution in [2.45, 2.75) is 39.7 Å². The Morgan fingerprint density at radius 2 is 2.17 bits per heavy atom. The zero-order chi connectivity index (χ0) is 20.6. The molecule has 0 bridgehead atoms. The highest BCUT2D eigenvalue weighted by atomic mass is 35.5. The highest BCUT2D eigenvalue weighted by molar-refractivity contribution is 6.29. The molecular formula is C21H32ClN5O2. The van der Waals surface area contributed by atoms with Crippen LogP contribution in [0.4, 0.5) is 4.79 Å². The van der Waals surface area contributed by atoms with Crippen LogP contribution in [-0.2, 0) is 11.3 Å². The van der Waals surface area contributed by atoms with E-state index < -0.39 is 0 Å². The third-order valence-electron chi connectivity index (χ3n) is 5.27. The Kier molecular flexibility index (Phi) is 8.00. The van der Waals surface area contributed by atoms with E-state index in [1.807, 2.05) is 18.3 Å². The van der Waals surface area contributed by atoms with Crippen LogP contribution in [0.1, 0.15) is 38.7 Å². The van der Waals surface area contributed by atoms with Crippen molar-refractivity contribution < 1.29 is 9.53 Å². The Balaban J connectivity index is 1.43. The molecule has 0 aliphatic carbocycles. The van der Waals surface area contributed by atoms with Gasteiger partial charge in [0.2, 0.25) is 0 Å². The van der Waals surface area contributed by atoms with Crippen LogP contribution >= 0.6 is 11.6 Å². The molecule has 3 rings (SSSR count). The number of hydrogen-bond donors (Lipinski definition) is 1. The van der Waals surface area contributed by atoms with Crippen LogP contribution in [0.5, 0.6) is 0 Å². The van der Waals surface area contributed by atoms with Gasteiger partial charge in [-0.05, 0) is 37.0 Å². The van der Waals surface area contributed by atoms with E-state index in [9.17, 15) is 4.79 Å². The molecule has 1 fully saturated rings. The molecular weight excluding hydrogens is 390 g/mol. The summed E-state index contributed by atoms with van der Waals surface area (Å²) >= 11 is 5.90. The average Bonchev–Trinajstić information content (AvgIpc) is 3.10. The number of pyridine rings is 1. The molecule has 3 heterocycles. The Bertz CT molecular complexity index is 710. The van der Waals surface area contributed by atoms with E-state index in [1.165, 1.54) is 17.0 Å². The van der Waals surface area contributed by atoms with Crippen molar-refractivity contribution in [2.24, 2.45) is 0 Å². The molecule has 7 nitrogen and oxygen atoms in total. The van der Waals surface area contributed by atoms with Gasteiger partial charge in [-0.25, -0.2) is 9.78 Å². The van der Waals surface area contributed by atoms with Gasteiger partial charge < -0.3 is 19.9 Å². The molecule has 0 atom stereocenters. The molecule has 1 amide bonds.